The highest BCUT2D eigenvalue weighted by molar-refractivity contribution is 5.96. The first kappa shape index (κ1) is 19.6. The maximum absolute atomic E-state index is 12.7. The van der Waals surface area contributed by atoms with E-state index in [2.05, 4.69) is 10.3 Å². The Kier molecular flexibility index (Phi) is 4.95. The molecule has 0 amide bonds. The Balaban J connectivity index is 1.34. The molecule has 3 aromatic carbocycles. The molecule has 6 nitrogen and oxygen atoms in total. The van der Waals surface area contributed by atoms with Crippen molar-refractivity contribution in [1.82, 2.24) is 15.0 Å². The van der Waals surface area contributed by atoms with Crippen molar-refractivity contribution in [2.45, 2.75) is 13.5 Å². The van der Waals surface area contributed by atoms with E-state index in [0.717, 1.165) is 16.6 Å². The van der Waals surface area contributed by atoms with Crippen LogP contribution in [0.1, 0.15) is 15.9 Å². The summed E-state index contributed by atoms with van der Waals surface area (Å²) in [5.74, 6) is -0.0950. The molecule has 0 saturated carbocycles. The number of Topliss-reactive ketones (excluding diaryl/α,β-unsaturated/α-hetero) is 1. The van der Waals surface area contributed by atoms with Crippen LogP contribution in [0.5, 0.6) is 0 Å². The standard InChI is InChI=1S/C26H19N3O3/c1-17-6-8-19(9-7-17)23-15-29(28-27-23)16-24(30)20-12-10-18(11-13-20)22-14-21-4-2-3-5-25(21)32-26(22)31/h2-15H,16H2,1H3. The molecule has 2 aromatic heterocycles. The van der Waals surface area contributed by atoms with E-state index in [1.54, 1.807) is 42.6 Å². The normalized spacial score (nSPS) is 11.0. The Labute approximate surface area is 183 Å². The number of fused-ring (bicyclic) bond motifs is 1. The third-order valence-electron chi connectivity index (χ3n) is 5.35. The number of para-hydroxylation sites is 1. The summed E-state index contributed by atoms with van der Waals surface area (Å²) in [6.07, 6.45) is 1.76. The van der Waals surface area contributed by atoms with Gasteiger partial charge in [-0.1, -0.05) is 77.5 Å². The van der Waals surface area contributed by atoms with Crippen LogP contribution >= 0.6 is 0 Å². The van der Waals surface area contributed by atoms with Crippen molar-refractivity contribution in [3.63, 3.8) is 0 Å². The van der Waals surface area contributed by atoms with Crippen LogP contribution in [0.15, 0.2) is 94.3 Å². The van der Waals surface area contributed by atoms with Gasteiger partial charge in [0.05, 0.1) is 11.8 Å². The molecule has 2 heterocycles. The largest absolute Gasteiger partial charge is 0.422 e. The van der Waals surface area contributed by atoms with Gasteiger partial charge in [0, 0.05) is 16.5 Å². The molecule has 0 unspecified atom stereocenters. The van der Waals surface area contributed by atoms with Gasteiger partial charge in [0.2, 0.25) is 0 Å². The van der Waals surface area contributed by atoms with Crippen LogP contribution in [0.3, 0.4) is 0 Å². The summed E-state index contributed by atoms with van der Waals surface area (Å²) in [5, 5.41) is 9.09. The lowest BCUT2D eigenvalue weighted by Crippen LogP contribution is -2.11. The summed E-state index contributed by atoms with van der Waals surface area (Å²) >= 11 is 0. The first-order valence-corrected chi connectivity index (χ1v) is 10.2. The Morgan fingerprint density at radius 2 is 1.66 bits per heavy atom. The van der Waals surface area contributed by atoms with Crippen LogP contribution in [0, 0.1) is 6.92 Å². The van der Waals surface area contributed by atoms with Gasteiger partial charge in [-0.2, -0.15) is 0 Å². The summed E-state index contributed by atoms with van der Waals surface area (Å²) in [6.45, 7) is 2.10. The molecule has 0 aliphatic carbocycles. The smallest absolute Gasteiger partial charge is 0.344 e. The molecule has 5 rings (SSSR count). The van der Waals surface area contributed by atoms with Gasteiger partial charge < -0.3 is 4.42 Å². The number of aryl methyl sites for hydroxylation is 1. The number of ketones is 1. The van der Waals surface area contributed by atoms with Gasteiger partial charge in [-0.3, -0.25) is 4.79 Å². The number of nitrogens with zero attached hydrogens (tertiary/aromatic N) is 3. The molecule has 0 spiro atoms. The average molecular weight is 421 g/mol. The number of hydrogen-bond donors (Lipinski definition) is 0. The zero-order chi connectivity index (χ0) is 22.1. The second-order valence-corrected chi connectivity index (χ2v) is 7.65. The minimum atomic E-state index is -0.408. The van der Waals surface area contributed by atoms with Gasteiger partial charge in [0.15, 0.2) is 5.78 Å². The molecule has 0 saturated heterocycles. The highest BCUT2D eigenvalue weighted by Crippen LogP contribution is 2.22. The fourth-order valence-electron chi connectivity index (χ4n) is 3.57. The predicted molar refractivity (Wildman–Crippen MR) is 122 cm³/mol. The summed E-state index contributed by atoms with van der Waals surface area (Å²) in [4.78, 5) is 25.1. The second-order valence-electron chi connectivity index (χ2n) is 7.65. The highest BCUT2D eigenvalue weighted by Gasteiger charge is 2.12. The molecule has 156 valence electrons. The highest BCUT2D eigenvalue weighted by atomic mass is 16.4. The van der Waals surface area contributed by atoms with Crippen LogP contribution in [0.4, 0.5) is 0 Å². The van der Waals surface area contributed by atoms with Crippen molar-refractivity contribution in [3.05, 3.63) is 107 Å². The second kappa shape index (κ2) is 8.07. The molecule has 0 radical (unpaired) electrons. The van der Waals surface area contributed by atoms with Crippen molar-refractivity contribution in [2.75, 3.05) is 0 Å². The van der Waals surface area contributed by atoms with E-state index < -0.39 is 5.63 Å². The van der Waals surface area contributed by atoms with Crippen LogP contribution in [0.25, 0.3) is 33.4 Å². The lowest BCUT2D eigenvalue weighted by Gasteiger charge is -2.05. The molecule has 0 aliphatic heterocycles. The van der Waals surface area contributed by atoms with Gasteiger partial charge in [-0.15, -0.1) is 5.10 Å². The van der Waals surface area contributed by atoms with Crippen molar-refractivity contribution in [1.29, 1.82) is 0 Å². The van der Waals surface area contributed by atoms with E-state index in [4.69, 9.17) is 4.42 Å². The van der Waals surface area contributed by atoms with E-state index in [0.29, 0.717) is 22.3 Å². The van der Waals surface area contributed by atoms with Crippen molar-refractivity contribution in [3.8, 4) is 22.4 Å². The molecule has 5 aromatic rings. The Hall–Kier alpha value is -4.32. The quantitative estimate of drug-likeness (QED) is 0.298. The predicted octanol–water partition coefficient (Wildman–Crippen LogP) is 4.91. The third-order valence-corrected chi connectivity index (χ3v) is 5.35. The fourth-order valence-corrected chi connectivity index (χ4v) is 3.57. The van der Waals surface area contributed by atoms with Crippen LogP contribution < -0.4 is 5.63 Å². The molecule has 0 atom stereocenters. The van der Waals surface area contributed by atoms with Crippen LogP contribution in [-0.4, -0.2) is 20.8 Å². The van der Waals surface area contributed by atoms with Crippen LogP contribution in [0.2, 0.25) is 0 Å². The van der Waals surface area contributed by atoms with E-state index in [9.17, 15) is 9.59 Å². The molecule has 6 heteroatoms. The van der Waals surface area contributed by atoms with Crippen LogP contribution in [-0.2, 0) is 6.54 Å². The molecular formula is C26H19N3O3. The molecule has 32 heavy (non-hydrogen) atoms. The van der Waals surface area contributed by atoms with Crippen molar-refractivity contribution < 1.29 is 9.21 Å². The fraction of sp³-hybridized carbons (Fsp3) is 0.0769. The number of benzene rings is 3. The number of hydrogen-bond acceptors (Lipinski definition) is 5. The molecular weight excluding hydrogens is 402 g/mol. The lowest BCUT2D eigenvalue weighted by atomic mass is 10.0. The van der Waals surface area contributed by atoms with E-state index >= 15 is 0 Å². The summed E-state index contributed by atoms with van der Waals surface area (Å²) in [5.41, 5.74) is 4.67. The van der Waals surface area contributed by atoms with E-state index in [-0.39, 0.29) is 12.3 Å². The first-order chi connectivity index (χ1) is 15.6. The van der Waals surface area contributed by atoms with Crippen molar-refractivity contribution >= 4 is 16.8 Å². The van der Waals surface area contributed by atoms with Gasteiger partial charge in [0.1, 0.15) is 17.8 Å². The summed E-state index contributed by atoms with van der Waals surface area (Å²) in [6, 6.07) is 24.1. The Bertz CT molecular complexity index is 1480. The SMILES string of the molecule is Cc1ccc(-c2cn(CC(=O)c3ccc(-c4cc5ccccc5oc4=O)cc3)nn2)cc1. The topological polar surface area (TPSA) is 78.0 Å². The zero-order valence-corrected chi connectivity index (χ0v) is 17.4. The summed E-state index contributed by atoms with van der Waals surface area (Å²) in [7, 11) is 0. The number of rotatable bonds is 5. The minimum Gasteiger partial charge on any atom is -0.422 e. The van der Waals surface area contributed by atoms with Gasteiger partial charge in [0.25, 0.3) is 0 Å². The zero-order valence-electron chi connectivity index (χ0n) is 17.4. The minimum absolute atomic E-state index is 0.0797. The van der Waals surface area contributed by atoms with E-state index in [1.165, 1.54) is 10.2 Å². The molecule has 0 fully saturated rings. The van der Waals surface area contributed by atoms with Crippen molar-refractivity contribution in [2.24, 2.45) is 0 Å². The Morgan fingerprint density at radius 3 is 2.44 bits per heavy atom. The average Bonchev–Trinajstić information content (AvgIpc) is 3.27. The van der Waals surface area contributed by atoms with Gasteiger partial charge in [-0.25, -0.2) is 9.48 Å². The number of carbonyl (C=O) groups is 1. The van der Waals surface area contributed by atoms with E-state index in [1.807, 2.05) is 49.4 Å². The van der Waals surface area contributed by atoms with Gasteiger partial charge in [-0.05, 0) is 24.6 Å². The third kappa shape index (κ3) is 3.86. The Morgan fingerprint density at radius 1 is 0.938 bits per heavy atom. The van der Waals surface area contributed by atoms with Gasteiger partial charge >= 0.3 is 5.63 Å². The lowest BCUT2D eigenvalue weighted by molar-refractivity contribution is 0.0967. The molecule has 0 bridgehead atoms. The first-order valence-electron chi connectivity index (χ1n) is 10.2. The number of carbonyl (C=O) groups excluding carboxylic acids is 1. The molecule has 0 aliphatic rings. The summed E-state index contributed by atoms with van der Waals surface area (Å²) < 4.78 is 6.94. The monoisotopic (exact) mass is 421 g/mol. The number of aromatic nitrogens is 3. The molecule has 0 N–H and O–H groups in total. The maximum Gasteiger partial charge on any atom is 0.344 e. The maximum atomic E-state index is 12.7.